The molecule has 3 N–H and O–H groups in total. The number of carbonyl (C=O) groups is 2. The maximum Gasteiger partial charge on any atom is 0.408 e. The van der Waals surface area contributed by atoms with Crippen molar-refractivity contribution in [3.05, 3.63) is 30.1 Å². The zero-order valence-corrected chi connectivity index (χ0v) is 11.8. The summed E-state index contributed by atoms with van der Waals surface area (Å²) in [5.41, 5.74) is 4.46. The molecule has 1 aromatic heterocycles. The molecule has 1 saturated carbocycles. The van der Waals surface area contributed by atoms with Crippen LogP contribution in [0.3, 0.4) is 0 Å². The van der Waals surface area contributed by atoms with Crippen LogP contribution in [0, 0.1) is 0 Å². The molecule has 20 heavy (non-hydrogen) atoms. The van der Waals surface area contributed by atoms with Crippen LogP contribution in [-0.2, 0) is 9.53 Å². The number of ether oxygens (including phenoxy) is 1. The lowest BCUT2D eigenvalue weighted by atomic mass is 10.1. The van der Waals surface area contributed by atoms with Gasteiger partial charge in [-0.05, 0) is 39.3 Å². The number of carbonyl (C=O) groups excluding carboxylic acids is 2. The molecule has 6 heteroatoms. The van der Waals surface area contributed by atoms with Gasteiger partial charge in [0.25, 0.3) is 0 Å². The first kappa shape index (κ1) is 14.3. The Morgan fingerprint density at radius 2 is 2.15 bits per heavy atom. The van der Waals surface area contributed by atoms with Crippen LogP contribution in [0.1, 0.15) is 38.8 Å². The minimum Gasteiger partial charge on any atom is -0.444 e. The highest BCUT2D eigenvalue weighted by Gasteiger charge is 2.62. The summed E-state index contributed by atoms with van der Waals surface area (Å²) in [5, 5.41) is 2.60. The Kier molecular flexibility index (Phi) is 3.41. The standard InChI is InChI=1S/C14H19N3O3/c1-13(2,3)20-12(19)17-14(11(15)18)8-9(14)10-6-4-5-7-16-10/h4-7,9H,8H2,1-3H3,(H2,15,18)(H,17,19)/t9-,14+/m1/s1. The third kappa shape index (κ3) is 2.89. The van der Waals surface area contributed by atoms with E-state index in [0.29, 0.717) is 6.42 Å². The first-order chi connectivity index (χ1) is 9.24. The van der Waals surface area contributed by atoms with Crippen LogP contribution < -0.4 is 11.1 Å². The normalized spacial score (nSPS) is 24.9. The number of primary amides is 1. The molecule has 0 radical (unpaired) electrons. The van der Waals surface area contributed by atoms with Crippen molar-refractivity contribution in [1.29, 1.82) is 0 Å². The van der Waals surface area contributed by atoms with Gasteiger partial charge >= 0.3 is 6.09 Å². The Bertz CT molecular complexity index is 524. The van der Waals surface area contributed by atoms with E-state index in [2.05, 4.69) is 10.3 Å². The second-order valence-electron chi connectivity index (χ2n) is 5.97. The van der Waals surface area contributed by atoms with Crippen molar-refractivity contribution in [3.63, 3.8) is 0 Å². The average molecular weight is 277 g/mol. The molecule has 2 rings (SSSR count). The number of hydrogen-bond donors (Lipinski definition) is 2. The van der Waals surface area contributed by atoms with Gasteiger partial charge in [0.05, 0.1) is 0 Å². The Morgan fingerprint density at radius 1 is 1.45 bits per heavy atom. The smallest absolute Gasteiger partial charge is 0.408 e. The second kappa shape index (κ2) is 4.77. The molecule has 2 amide bonds. The zero-order valence-electron chi connectivity index (χ0n) is 11.8. The molecule has 108 valence electrons. The van der Waals surface area contributed by atoms with Gasteiger partial charge in [-0.15, -0.1) is 0 Å². The highest BCUT2D eigenvalue weighted by molar-refractivity contribution is 5.93. The number of pyridine rings is 1. The van der Waals surface area contributed by atoms with Crippen LogP contribution in [0.25, 0.3) is 0 Å². The summed E-state index contributed by atoms with van der Waals surface area (Å²) in [4.78, 5) is 27.7. The lowest BCUT2D eigenvalue weighted by molar-refractivity contribution is -0.121. The SMILES string of the molecule is CC(C)(C)OC(=O)N[C@@]1(C(N)=O)C[C@@H]1c1ccccn1. The molecule has 1 aliphatic carbocycles. The Balaban J connectivity index is 2.11. The highest BCUT2D eigenvalue weighted by atomic mass is 16.6. The number of nitrogens with two attached hydrogens (primary N) is 1. The van der Waals surface area contributed by atoms with Gasteiger partial charge in [-0.25, -0.2) is 4.79 Å². The van der Waals surface area contributed by atoms with Crippen LogP contribution in [0.4, 0.5) is 4.79 Å². The number of alkyl carbamates (subject to hydrolysis) is 1. The molecule has 1 fully saturated rings. The fourth-order valence-electron chi connectivity index (χ4n) is 2.16. The van der Waals surface area contributed by atoms with Crippen molar-refractivity contribution < 1.29 is 14.3 Å². The molecule has 0 saturated heterocycles. The van der Waals surface area contributed by atoms with Gasteiger partial charge in [0, 0.05) is 17.8 Å². The van der Waals surface area contributed by atoms with Crippen LogP contribution in [-0.4, -0.2) is 28.1 Å². The van der Waals surface area contributed by atoms with Crippen molar-refractivity contribution in [1.82, 2.24) is 10.3 Å². The summed E-state index contributed by atoms with van der Waals surface area (Å²) in [6.45, 7) is 5.27. The number of amides is 2. The summed E-state index contributed by atoms with van der Waals surface area (Å²) >= 11 is 0. The predicted octanol–water partition coefficient (Wildman–Crippen LogP) is 1.32. The molecule has 0 spiro atoms. The predicted molar refractivity (Wildman–Crippen MR) is 72.9 cm³/mol. The maximum atomic E-state index is 11.8. The molecule has 6 nitrogen and oxygen atoms in total. The topological polar surface area (TPSA) is 94.3 Å². The minimum atomic E-state index is -1.09. The molecule has 1 aliphatic rings. The second-order valence-corrected chi connectivity index (χ2v) is 5.97. The Morgan fingerprint density at radius 3 is 2.65 bits per heavy atom. The molecular weight excluding hydrogens is 258 g/mol. The highest BCUT2D eigenvalue weighted by Crippen LogP contribution is 2.50. The Labute approximate surface area is 117 Å². The number of nitrogens with one attached hydrogen (secondary N) is 1. The molecule has 2 atom stereocenters. The molecule has 0 aromatic carbocycles. The first-order valence-corrected chi connectivity index (χ1v) is 6.46. The lowest BCUT2D eigenvalue weighted by Crippen LogP contribution is -2.49. The van der Waals surface area contributed by atoms with Gasteiger partial charge in [-0.2, -0.15) is 0 Å². The quantitative estimate of drug-likeness (QED) is 0.871. The zero-order chi connectivity index (χ0) is 15.0. The third-order valence-corrected chi connectivity index (χ3v) is 3.17. The van der Waals surface area contributed by atoms with Gasteiger partial charge in [0.15, 0.2) is 0 Å². The van der Waals surface area contributed by atoms with Gasteiger partial charge in [-0.1, -0.05) is 6.07 Å². The average Bonchev–Trinajstić information content (AvgIpc) is 3.03. The van der Waals surface area contributed by atoms with E-state index in [1.54, 1.807) is 33.0 Å². The van der Waals surface area contributed by atoms with Crippen molar-refractivity contribution in [3.8, 4) is 0 Å². The van der Waals surface area contributed by atoms with Gasteiger partial charge in [0.1, 0.15) is 11.1 Å². The first-order valence-electron chi connectivity index (χ1n) is 6.46. The van der Waals surface area contributed by atoms with Crippen molar-refractivity contribution >= 4 is 12.0 Å². The summed E-state index contributed by atoms with van der Waals surface area (Å²) in [6, 6.07) is 5.44. The monoisotopic (exact) mass is 277 g/mol. The fourth-order valence-corrected chi connectivity index (χ4v) is 2.16. The van der Waals surface area contributed by atoms with Gasteiger partial charge in [-0.3, -0.25) is 9.78 Å². The summed E-state index contributed by atoms with van der Waals surface area (Å²) in [7, 11) is 0. The molecule has 1 aromatic rings. The van der Waals surface area contributed by atoms with E-state index in [-0.39, 0.29) is 5.92 Å². The summed E-state index contributed by atoms with van der Waals surface area (Å²) in [6.07, 6.45) is 1.44. The molecular formula is C14H19N3O3. The summed E-state index contributed by atoms with van der Waals surface area (Å²) < 4.78 is 5.17. The maximum absolute atomic E-state index is 11.8. The van der Waals surface area contributed by atoms with Crippen LogP contribution in [0.15, 0.2) is 24.4 Å². The van der Waals surface area contributed by atoms with E-state index in [0.717, 1.165) is 5.69 Å². The van der Waals surface area contributed by atoms with Crippen LogP contribution >= 0.6 is 0 Å². The van der Waals surface area contributed by atoms with E-state index in [1.807, 2.05) is 12.1 Å². The van der Waals surface area contributed by atoms with Crippen LogP contribution in [0.2, 0.25) is 0 Å². The largest absolute Gasteiger partial charge is 0.444 e. The van der Waals surface area contributed by atoms with E-state index in [9.17, 15) is 9.59 Å². The summed E-state index contributed by atoms with van der Waals surface area (Å²) in [5.74, 6) is -0.771. The van der Waals surface area contributed by atoms with Gasteiger partial charge in [0.2, 0.25) is 5.91 Å². The number of hydrogen-bond acceptors (Lipinski definition) is 4. The van der Waals surface area contributed by atoms with Crippen molar-refractivity contribution in [2.45, 2.75) is 44.2 Å². The van der Waals surface area contributed by atoms with Crippen molar-refractivity contribution in [2.24, 2.45) is 5.73 Å². The Hall–Kier alpha value is -2.11. The minimum absolute atomic E-state index is 0.200. The van der Waals surface area contributed by atoms with E-state index in [4.69, 9.17) is 10.5 Å². The molecule has 0 aliphatic heterocycles. The fraction of sp³-hybridized carbons (Fsp3) is 0.500. The van der Waals surface area contributed by atoms with E-state index in [1.165, 1.54) is 0 Å². The lowest BCUT2D eigenvalue weighted by Gasteiger charge is -2.22. The van der Waals surface area contributed by atoms with E-state index < -0.39 is 23.1 Å². The molecule has 0 bridgehead atoms. The van der Waals surface area contributed by atoms with E-state index >= 15 is 0 Å². The number of rotatable bonds is 3. The number of aromatic nitrogens is 1. The molecule has 1 heterocycles. The number of nitrogens with zero attached hydrogens (tertiary/aromatic N) is 1. The third-order valence-electron chi connectivity index (χ3n) is 3.17. The molecule has 0 unspecified atom stereocenters. The van der Waals surface area contributed by atoms with Crippen molar-refractivity contribution in [2.75, 3.05) is 0 Å². The van der Waals surface area contributed by atoms with Crippen LogP contribution in [0.5, 0.6) is 0 Å². The van der Waals surface area contributed by atoms with Gasteiger partial charge < -0.3 is 15.8 Å².